The molecule has 1 aromatic heterocycles. The van der Waals surface area contributed by atoms with Gasteiger partial charge in [-0.25, -0.2) is 9.48 Å². The molecule has 0 aliphatic carbocycles. The summed E-state index contributed by atoms with van der Waals surface area (Å²) >= 11 is 6.07. The molecule has 2 heterocycles. The molecule has 4 amide bonds. The number of urea groups is 1. The van der Waals surface area contributed by atoms with E-state index < -0.39 is 23.9 Å². The molecule has 1 N–H and O–H groups in total. The van der Waals surface area contributed by atoms with E-state index in [2.05, 4.69) is 5.32 Å². The Morgan fingerprint density at radius 1 is 0.889 bits per heavy atom. The molecule has 8 heteroatoms. The van der Waals surface area contributed by atoms with E-state index in [-0.39, 0.29) is 5.57 Å². The second kappa shape index (κ2) is 9.64. The molecule has 5 rings (SSSR count). The van der Waals surface area contributed by atoms with Crippen molar-refractivity contribution in [3.63, 3.8) is 0 Å². The molecular weight excluding hydrogens is 476 g/mol. The average Bonchev–Trinajstić information content (AvgIpc) is 3.32. The largest absolute Gasteiger partial charge is 0.331 e. The van der Waals surface area contributed by atoms with Crippen molar-refractivity contribution in [2.45, 2.75) is 13.0 Å². The van der Waals surface area contributed by atoms with E-state index in [4.69, 9.17) is 16.7 Å². The Balaban J connectivity index is 1.60. The molecule has 4 aromatic rings. The Kier molecular flexibility index (Phi) is 6.23. The number of nitrogens with zero attached hydrogens (tertiary/aromatic N) is 3. The van der Waals surface area contributed by atoms with Gasteiger partial charge >= 0.3 is 6.03 Å². The molecule has 0 spiro atoms. The Morgan fingerprint density at radius 2 is 1.53 bits per heavy atom. The molecule has 0 saturated carbocycles. The third-order valence-corrected chi connectivity index (χ3v) is 6.24. The molecule has 1 saturated heterocycles. The van der Waals surface area contributed by atoms with E-state index in [1.165, 1.54) is 6.08 Å². The van der Waals surface area contributed by atoms with E-state index in [0.717, 1.165) is 21.7 Å². The number of para-hydroxylation sites is 1. The standard InChI is InChI=1S/C28H21ClN4O3/c1-18(19-8-4-2-5-9-19)33-27(35)24(26(34)30-28(33)36)16-21-17-32(23-10-6-3-7-11-23)31-25(21)20-12-14-22(29)15-13-20/h2-18H,1H3,(H,30,34,36)/b24-16-/t18-/m0/s1. The van der Waals surface area contributed by atoms with Crippen LogP contribution < -0.4 is 5.32 Å². The van der Waals surface area contributed by atoms with Crippen LogP contribution in [0.25, 0.3) is 23.0 Å². The molecule has 0 bridgehead atoms. The molecule has 1 aliphatic rings. The quantitative estimate of drug-likeness (QED) is 0.295. The van der Waals surface area contributed by atoms with Crippen LogP contribution in [0.4, 0.5) is 4.79 Å². The topological polar surface area (TPSA) is 84.3 Å². The van der Waals surface area contributed by atoms with Gasteiger partial charge in [0.25, 0.3) is 11.8 Å². The Morgan fingerprint density at radius 3 is 2.19 bits per heavy atom. The SMILES string of the molecule is C[C@@H](c1ccccc1)N1C(=O)NC(=O)/C(=C/c2cn(-c3ccccc3)nc2-c2ccc(Cl)cc2)C1=O. The summed E-state index contributed by atoms with van der Waals surface area (Å²) in [5.41, 5.74) is 3.29. The van der Waals surface area contributed by atoms with Crippen molar-refractivity contribution in [3.8, 4) is 16.9 Å². The second-order valence-corrected chi connectivity index (χ2v) is 8.74. The molecule has 1 atom stereocenters. The lowest BCUT2D eigenvalue weighted by molar-refractivity contribution is -0.131. The molecule has 1 aliphatic heterocycles. The molecule has 36 heavy (non-hydrogen) atoms. The molecule has 178 valence electrons. The van der Waals surface area contributed by atoms with Gasteiger partial charge in [0.1, 0.15) is 5.57 Å². The number of imide groups is 2. The van der Waals surface area contributed by atoms with E-state index in [9.17, 15) is 14.4 Å². The van der Waals surface area contributed by atoms with Gasteiger partial charge in [-0.1, -0.05) is 72.3 Å². The number of amides is 4. The number of benzene rings is 3. The van der Waals surface area contributed by atoms with Crippen molar-refractivity contribution in [2.24, 2.45) is 0 Å². The average molecular weight is 497 g/mol. The van der Waals surface area contributed by atoms with Gasteiger partial charge in [0, 0.05) is 22.3 Å². The molecule has 1 fully saturated rings. The summed E-state index contributed by atoms with van der Waals surface area (Å²) in [6.45, 7) is 1.74. The highest BCUT2D eigenvalue weighted by Crippen LogP contribution is 2.30. The van der Waals surface area contributed by atoms with E-state index >= 15 is 0 Å². The third-order valence-electron chi connectivity index (χ3n) is 5.98. The molecule has 3 aromatic carbocycles. The fourth-order valence-electron chi connectivity index (χ4n) is 4.10. The number of carbonyl (C=O) groups is 3. The van der Waals surface area contributed by atoms with Gasteiger partial charge in [-0.3, -0.25) is 19.8 Å². The van der Waals surface area contributed by atoms with Gasteiger partial charge in [0.2, 0.25) is 0 Å². The van der Waals surface area contributed by atoms with Crippen LogP contribution in [-0.4, -0.2) is 32.5 Å². The zero-order chi connectivity index (χ0) is 25.2. The fourth-order valence-corrected chi connectivity index (χ4v) is 4.22. The Bertz CT molecular complexity index is 1480. The predicted molar refractivity (Wildman–Crippen MR) is 137 cm³/mol. The monoisotopic (exact) mass is 496 g/mol. The lowest BCUT2D eigenvalue weighted by atomic mass is 10.0. The van der Waals surface area contributed by atoms with Crippen molar-refractivity contribution >= 4 is 35.5 Å². The zero-order valence-electron chi connectivity index (χ0n) is 19.3. The van der Waals surface area contributed by atoms with Crippen LogP contribution >= 0.6 is 11.6 Å². The minimum absolute atomic E-state index is 0.153. The maximum atomic E-state index is 13.5. The van der Waals surface area contributed by atoms with Crippen LogP contribution in [0.1, 0.15) is 24.1 Å². The molecule has 7 nitrogen and oxygen atoms in total. The van der Waals surface area contributed by atoms with Crippen LogP contribution in [0.15, 0.2) is 96.7 Å². The van der Waals surface area contributed by atoms with Gasteiger partial charge in [0.15, 0.2) is 0 Å². The van der Waals surface area contributed by atoms with E-state index in [0.29, 0.717) is 16.3 Å². The number of barbiturate groups is 1. The summed E-state index contributed by atoms with van der Waals surface area (Å²) in [5.74, 6) is -1.43. The minimum Gasteiger partial charge on any atom is -0.273 e. The van der Waals surface area contributed by atoms with Crippen molar-refractivity contribution in [1.29, 1.82) is 0 Å². The second-order valence-electron chi connectivity index (χ2n) is 8.30. The number of hydrogen-bond donors (Lipinski definition) is 1. The van der Waals surface area contributed by atoms with Crippen molar-refractivity contribution < 1.29 is 14.4 Å². The van der Waals surface area contributed by atoms with Gasteiger partial charge in [-0.05, 0) is 42.8 Å². The molecule has 0 radical (unpaired) electrons. The molecule has 0 unspecified atom stereocenters. The van der Waals surface area contributed by atoms with Gasteiger partial charge < -0.3 is 0 Å². The normalized spacial score (nSPS) is 15.8. The minimum atomic E-state index is -0.754. The van der Waals surface area contributed by atoms with Gasteiger partial charge in [0.05, 0.1) is 17.4 Å². The number of nitrogens with one attached hydrogen (secondary N) is 1. The zero-order valence-corrected chi connectivity index (χ0v) is 20.0. The third kappa shape index (κ3) is 4.44. The number of hydrogen-bond acceptors (Lipinski definition) is 4. The fraction of sp³-hybridized carbons (Fsp3) is 0.0714. The smallest absolute Gasteiger partial charge is 0.273 e. The van der Waals surface area contributed by atoms with Gasteiger partial charge in [-0.2, -0.15) is 5.10 Å². The lowest BCUT2D eigenvalue weighted by Crippen LogP contribution is -2.54. The highest BCUT2D eigenvalue weighted by Gasteiger charge is 2.39. The number of halogens is 1. The first-order valence-corrected chi connectivity index (χ1v) is 11.7. The molecular formula is C28H21ClN4O3. The number of rotatable bonds is 5. The van der Waals surface area contributed by atoms with Crippen molar-refractivity contribution in [1.82, 2.24) is 20.0 Å². The summed E-state index contributed by atoms with van der Waals surface area (Å²) in [5, 5.41) is 7.59. The maximum Gasteiger partial charge on any atom is 0.331 e. The van der Waals surface area contributed by atoms with Crippen LogP contribution in [0.3, 0.4) is 0 Å². The van der Waals surface area contributed by atoms with Crippen LogP contribution in [-0.2, 0) is 9.59 Å². The van der Waals surface area contributed by atoms with E-state index in [1.807, 2.05) is 72.8 Å². The predicted octanol–water partition coefficient (Wildman–Crippen LogP) is 5.42. The first-order chi connectivity index (χ1) is 17.4. The first kappa shape index (κ1) is 23.3. The van der Waals surface area contributed by atoms with Gasteiger partial charge in [-0.15, -0.1) is 0 Å². The lowest BCUT2D eigenvalue weighted by Gasteiger charge is -2.31. The summed E-state index contributed by atoms with van der Waals surface area (Å²) in [7, 11) is 0. The van der Waals surface area contributed by atoms with Crippen LogP contribution in [0.5, 0.6) is 0 Å². The van der Waals surface area contributed by atoms with Crippen molar-refractivity contribution in [2.75, 3.05) is 0 Å². The first-order valence-electron chi connectivity index (χ1n) is 11.3. The summed E-state index contributed by atoms with van der Waals surface area (Å²) in [4.78, 5) is 40.0. The van der Waals surface area contributed by atoms with Crippen LogP contribution in [0.2, 0.25) is 5.02 Å². The van der Waals surface area contributed by atoms with Crippen LogP contribution in [0, 0.1) is 0 Å². The Hall–Kier alpha value is -4.49. The summed E-state index contributed by atoms with van der Waals surface area (Å²) in [6.07, 6.45) is 3.22. The number of aromatic nitrogens is 2. The number of carbonyl (C=O) groups excluding carboxylic acids is 3. The Labute approximate surface area is 212 Å². The highest BCUT2D eigenvalue weighted by atomic mass is 35.5. The highest BCUT2D eigenvalue weighted by molar-refractivity contribution is 6.31. The van der Waals surface area contributed by atoms with E-state index in [1.54, 1.807) is 29.9 Å². The van der Waals surface area contributed by atoms with Crippen molar-refractivity contribution in [3.05, 3.63) is 113 Å². The maximum absolute atomic E-state index is 13.5. The summed E-state index contributed by atoms with van der Waals surface area (Å²) < 4.78 is 1.68. The summed E-state index contributed by atoms with van der Waals surface area (Å²) in [6, 6.07) is 24.5.